The van der Waals surface area contributed by atoms with Crippen molar-refractivity contribution in [2.45, 2.75) is 18.8 Å². The quantitative estimate of drug-likeness (QED) is 0.774. The smallest absolute Gasteiger partial charge is 0.189 e. The molecule has 4 heteroatoms. The molecule has 0 fully saturated rings. The first-order chi connectivity index (χ1) is 7.04. The monoisotopic (exact) mass is 214 g/mol. The van der Waals surface area contributed by atoms with Crippen molar-refractivity contribution in [1.82, 2.24) is 0 Å². The largest absolute Gasteiger partial charge is 0.380 e. The Morgan fingerprint density at radius 1 is 1.27 bits per heavy atom. The van der Waals surface area contributed by atoms with Gasteiger partial charge in [-0.05, 0) is 13.0 Å². The van der Waals surface area contributed by atoms with E-state index in [0.29, 0.717) is 0 Å². The second-order valence-electron chi connectivity index (χ2n) is 3.43. The Kier molecular flexibility index (Phi) is 3.79. The highest BCUT2D eigenvalue weighted by molar-refractivity contribution is 5.24. The van der Waals surface area contributed by atoms with Crippen molar-refractivity contribution in [3.63, 3.8) is 0 Å². The fourth-order valence-corrected chi connectivity index (χ4v) is 1.55. The number of hydrogen-bond donors (Lipinski definition) is 1. The highest BCUT2D eigenvalue weighted by atomic mass is 19.1. The summed E-state index contributed by atoms with van der Waals surface area (Å²) in [6.07, 6.45) is -0.908. The molecule has 0 aromatic heterocycles. The third-order valence-electron chi connectivity index (χ3n) is 2.31. The van der Waals surface area contributed by atoms with Gasteiger partial charge in [0, 0.05) is 19.8 Å². The van der Waals surface area contributed by atoms with Crippen LogP contribution >= 0.6 is 0 Å². The molecule has 0 aliphatic carbocycles. The summed E-state index contributed by atoms with van der Waals surface area (Å²) < 4.78 is 23.3. The van der Waals surface area contributed by atoms with Gasteiger partial charge in [-0.25, -0.2) is 4.39 Å². The van der Waals surface area contributed by atoms with Crippen molar-refractivity contribution in [1.29, 1.82) is 0 Å². The number of methoxy groups -OCH3 is 2. The summed E-state index contributed by atoms with van der Waals surface area (Å²) in [6.45, 7) is 1.45. The van der Waals surface area contributed by atoms with Gasteiger partial charge in [0.05, 0.1) is 0 Å². The highest BCUT2D eigenvalue weighted by Gasteiger charge is 2.36. The van der Waals surface area contributed by atoms with E-state index in [1.807, 2.05) is 0 Å². The topological polar surface area (TPSA) is 38.7 Å². The molecule has 0 amide bonds. The van der Waals surface area contributed by atoms with Gasteiger partial charge in [-0.1, -0.05) is 18.2 Å². The van der Waals surface area contributed by atoms with Crippen LogP contribution in [0.4, 0.5) is 4.39 Å². The summed E-state index contributed by atoms with van der Waals surface area (Å²) in [7, 11) is 2.78. The van der Waals surface area contributed by atoms with Crippen LogP contribution in [0.2, 0.25) is 0 Å². The first-order valence-electron chi connectivity index (χ1n) is 4.57. The first-order valence-corrected chi connectivity index (χ1v) is 4.57. The van der Waals surface area contributed by atoms with E-state index in [0.717, 1.165) is 0 Å². The minimum atomic E-state index is -1.52. The van der Waals surface area contributed by atoms with Gasteiger partial charge in [0.25, 0.3) is 0 Å². The fourth-order valence-electron chi connectivity index (χ4n) is 1.55. The van der Waals surface area contributed by atoms with Gasteiger partial charge in [-0.15, -0.1) is 0 Å². The minimum Gasteiger partial charge on any atom is -0.380 e. The molecule has 15 heavy (non-hydrogen) atoms. The molecule has 0 bridgehead atoms. The Balaban J connectivity index is 3.09. The molecule has 1 rings (SSSR count). The van der Waals surface area contributed by atoms with Crippen LogP contribution in [-0.4, -0.2) is 25.6 Å². The van der Waals surface area contributed by atoms with E-state index >= 15 is 0 Å². The molecule has 0 heterocycles. The Morgan fingerprint density at radius 2 is 1.80 bits per heavy atom. The summed E-state index contributed by atoms with van der Waals surface area (Å²) in [4.78, 5) is 0. The molecule has 0 spiro atoms. The van der Waals surface area contributed by atoms with E-state index < -0.39 is 17.7 Å². The van der Waals surface area contributed by atoms with Crippen molar-refractivity contribution < 1.29 is 19.0 Å². The summed E-state index contributed by atoms with van der Waals surface area (Å²) in [6, 6.07) is 5.99. The zero-order valence-electron chi connectivity index (χ0n) is 9.03. The molecular weight excluding hydrogens is 199 g/mol. The van der Waals surface area contributed by atoms with Gasteiger partial charge in [0.15, 0.2) is 6.29 Å². The molecule has 1 atom stereocenters. The lowest BCUT2D eigenvalue weighted by atomic mass is 9.95. The second-order valence-corrected chi connectivity index (χ2v) is 3.43. The van der Waals surface area contributed by atoms with E-state index in [-0.39, 0.29) is 5.56 Å². The van der Waals surface area contributed by atoms with Crippen LogP contribution in [0.3, 0.4) is 0 Å². The SMILES string of the molecule is COC(OC)C(C)(O)c1ccccc1F. The third kappa shape index (κ3) is 2.34. The fraction of sp³-hybridized carbons (Fsp3) is 0.455. The highest BCUT2D eigenvalue weighted by Crippen LogP contribution is 2.28. The molecule has 0 radical (unpaired) electrons. The van der Waals surface area contributed by atoms with Crippen molar-refractivity contribution in [3.05, 3.63) is 35.6 Å². The third-order valence-corrected chi connectivity index (χ3v) is 2.31. The van der Waals surface area contributed by atoms with Crippen LogP contribution in [-0.2, 0) is 15.1 Å². The van der Waals surface area contributed by atoms with Crippen LogP contribution in [0.25, 0.3) is 0 Å². The maximum Gasteiger partial charge on any atom is 0.189 e. The van der Waals surface area contributed by atoms with E-state index in [2.05, 4.69) is 0 Å². The first kappa shape index (κ1) is 12.1. The van der Waals surface area contributed by atoms with E-state index in [1.165, 1.54) is 33.3 Å². The lowest BCUT2D eigenvalue weighted by molar-refractivity contribution is -0.214. The summed E-state index contributed by atoms with van der Waals surface area (Å²) in [5.41, 5.74) is -1.37. The van der Waals surface area contributed by atoms with Gasteiger partial charge in [0.1, 0.15) is 11.4 Å². The molecule has 0 aliphatic rings. The minimum absolute atomic E-state index is 0.152. The van der Waals surface area contributed by atoms with E-state index in [9.17, 15) is 9.50 Å². The predicted molar refractivity (Wildman–Crippen MR) is 53.8 cm³/mol. The average molecular weight is 214 g/mol. The molecule has 0 saturated carbocycles. The number of ether oxygens (including phenoxy) is 2. The molecule has 1 N–H and O–H groups in total. The molecule has 84 valence electrons. The molecule has 3 nitrogen and oxygen atoms in total. The second kappa shape index (κ2) is 4.70. The summed E-state index contributed by atoms with van der Waals surface area (Å²) in [5.74, 6) is -0.485. The van der Waals surface area contributed by atoms with Gasteiger partial charge in [-0.2, -0.15) is 0 Å². The van der Waals surface area contributed by atoms with Gasteiger partial charge in [-0.3, -0.25) is 0 Å². The molecule has 0 saturated heterocycles. The number of benzene rings is 1. The summed E-state index contributed by atoms with van der Waals surface area (Å²) >= 11 is 0. The van der Waals surface area contributed by atoms with E-state index in [4.69, 9.17) is 9.47 Å². The maximum absolute atomic E-state index is 13.4. The standard InChI is InChI=1S/C11H15FO3/c1-11(13,10(14-2)15-3)8-6-4-5-7-9(8)12/h4-7,10,13H,1-3H3. The van der Waals surface area contributed by atoms with Crippen LogP contribution in [0.5, 0.6) is 0 Å². The van der Waals surface area contributed by atoms with Gasteiger partial charge >= 0.3 is 0 Å². The van der Waals surface area contributed by atoms with Crippen LogP contribution in [0, 0.1) is 5.82 Å². The van der Waals surface area contributed by atoms with Crippen LogP contribution in [0.15, 0.2) is 24.3 Å². The van der Waals surface area contributed by atoms with Crippen LogP contribution in [0.1, 0.15) is 12.5 Å². The number of aliphatic hydroxyl groups is 1. The van der Waals surface area contributed by atoms with Crippen molar-refractivity contribution in [2.75, 3.05) is 14.2 Å². The number of halogens is 1. The van der Waals surface area contributed by atoms with Gasteiger partial charge in [0.2, 0.25) is 0 Å². The van der Waals surface area contributed by atoms with Gasteiger partial charge < -0.3 is 14.6 Å². The lowest BCUT2D eigenvalue weighted by Crippen LogP contribution is -2.40. The Morgan fingerprint density at radius 3 is 2.27 bits per heavy atom. The van der Waals surface area contributed by atoms with Crippen molar-refractivity contribution in [2.24, 2.45) is 0 Å². The molecule has 1 unspecified atom stereocenters. The molecule has 0 aliphatic heterocycles. The number of rotatable bonds is 4. The Bertz CT molecular complexity index is 321. The van der Waals surface area contributed by atoms with E-state index in [1.54, 1.807) is 12.1 Å². The zero-order valence-corrected chi connectivity index (χ0v) is 9.03. The Hall–Kier alpha value is -0.970. The molecule has 1 aromatic rings. The maximum atomic E-state index is 13.4. The Labute approximate surface area is 88.4 Å². The summed E-state index contributed by atoms with van der Waals surface area (Å²) in [5, 5.41) is 10.1. The number of hydrogen-bond acceptors (Lipinski definition) is 3. The lowest BCUT2D eigenvalue weighted by Gasteiger charge is -2.31. The molecular formula is C11H15FO3. The van der Waals surface area contributed by atoms with Crippen LogP contribution < -0.4 is 0 Å². The predicted octanol–water partition coefficient (Wildman–Crippen LogP) is 1.65. The normalized spacial score (nSPS) is 15.3. The zero-order chi connectivity index (χ0) is 11.5. The average Bonchev–Trinajstić information content (AvgIpc) is 2.19. The molecule has 1 aromatic carbocycles. The van der Waals surface area contributed by atoms with Crippen molar-refractivity contribution >= 4 is 0 Å². The van der Waals surface area contributed by atoms with Crippen molar-refractivity contribution in [3.8, 4) is 0 Å².